The number of nitrogens with zero attached hydrogens (tertiary/aromatic N) is 2. The standard InChI is InChI=1S/C14H14N4O2S/c1-8-2-3-9(18(19)20)6-10(8)13-16-12-4-5-15-7-11(12)14(21)17-13/h2-3,6,15H,4-5,7H2,1H3,(H,16,17,21). The number of hydrogen-bond donors (Lipinski definition) is 2. The summed E-state index contributed by atoms with van der Waals surface area (Å²) in [5, 5.41) is 14.2. The van der Waals surface area contributed by atoms with Gasteiger partial charge in [-0.2, -0.15) is 0 Å². The fourth-order valence-electron chi connectivity index (χ4n) is 2.47. The second-order valence-corrected chi connectivity index (χ2v) is 5.42. The summed E-state index contributed by atoms with van der Waals surface area (Å²) < 4.78 is 0.553. The van der Waals surface area contributed by atoms with Gasteiger partial charge in [-0.3, -0.25) is 10.1 Å². The lowest BCUT2D eigenvalue weighted by molar-refractivity contribution is -0.384. The maximum atomic E-state index is 10.9. The number of H-pyrrole nitrogens is 1. The van der Waals surface area contributed by atoms with Crippen molar-refractivity contribution in [3.8, 4) is 11.4 Å². The third-order valence-corrected chi connectivity index (χ3v) is 3.98. The van der Waals surface area contributed by atoms with Crippen molar-refractivity contribution >= 4 is 17.9 Å². The van der Waals surface area contributed by atoms with E-state index in [-0.39, 0.29) is 5.69 Å². The van der Waals surface area contributed by atoms with Crippen molar-refractivity contribution < 1.29 is 4.92 Å². The molecule has 0 bridgehead atoms. The fourth-order valence-corrected chi connectivity index (χ4v) is 2.76. The van der Waals surface area contributed by atoms with Crippen LogP contribution >= 0.6 is 12.2 Å². The van der Waals surface area contributed by atoms with E-state index in [9.17, 15) is 10.1 Å². The summed E-state index contributed by atoms with van der Waals surface area (Å²) >= 11 is 5.35. The quantitative estimate of drug-likeness (QED) is 0.506. The van der Waals surface area contributed by atoms with Crippen LogP contribution in [0.3, 0.4) is 0 Å². The van der Waals surface area contributed by atoms with Crippen LogP contribution in [0.15, 0.2) is 18.2 Å². The van der Waals surface area contributed by atoms with Gasteiger partial charge in [-0.1, -0.05) is 18.3 Å². The number of non-ortho nitro benzene ring substituents is 1. The van der Waals surface area contributed by atoms with Crippen LogP contribution < -0.4 is 5.32 Å². The van der Waals surface area contributed by atoms with Crippen molar-refractivity contribution in [1.29, 1.82) is 0 Å². The van der Waals surface area contributed by atoms with E-state index in [0.717, 1.165) is 35.3 Å². The molecule has 0 spiro atoms. The number of fused-ring (bicyclic) bond motifs is 1. The van der Waals surface area contributed by atoms with Gasteiger partial charge in [0.2, 0.25) is 0 Å². The summed E-state index contributed by atoms with van der Waals surface area (Å²) in [6.45, 7) is 3.50. The fraction of sp³-hybridized carbons (Fsp3) is 0.286. The zero-order valence-corrected chi connectivity index (χ0v) is 12.3. The molecule has 7 heteroatoms. The van der Waals surface area contributed by atoms with Crippen molar-refractivity contribution in [2.75, 3.05) is 6.54 Å². The SMILES string of the molecule is Cc1ccc([N+](=O)[O-])cc1-c1nc(=S)c2c([nH]1)CCNC2. The van der Waals surface area contributed by atoms with Crippen LogP contribution in [-0.2, 0) is 13.0 Å². The molecule has 0 unspecified atom stereocenters. The molecule has 1 aliphatic rings. The number of aromatic nitrogens is 2. The molecule has 2 aromatic rings. The Morgan fingerprint density at radius 3 is 3.00 bits per heavy atom. The Morgan fingerprint density at radius 1 is 1.43 bits per heavy atom. The van der Waals surface area contributed by atoms with E-state index >= 15 is 0 Å². The topological polar surface area (TPSA) is 83.8 Å². The highest BCUT2D eigenvalue weighted by Crippen LogP contribution is 2.26. The van der Waals surface area contributed by atoms with Crippen LogP contribution in [0.4, 0.5) is 5.69 Å². The zero-order chi connectivity index (χ0) is 15.0. The van der Waals surface area contributed by atoms with Crippen LogP contribution in [0.25, 0.3) is 11.4 Å². The molecule has 108 valence electrons. The molecule has 0 aliphatic carbocycles. The Bertz CT molecular complexity index is 785. The summed E-state index contributed by atoms with van der Waals surface area (Å²) in [6, 6.07) is 4.76. The highest BCUT2D eigenvalue weighted by Gasteiger charge is 2.16. The first-order valence-electron chi connectivity index (χ1n) is 6.64. The number of nitrogens with one attached hydrogen (secondary N) is 2. The van der Waals surface area contributed by atoms with E-state index in [0.29, 0.717) is 17.0 Å². The Labute approximate surface area is 126 Å². The van der Waals surface area contributed by atoms with Gasteiger partial charge in [-0.15, -0.1) is 0 Å². The molecule has 0 saturated heterocycles. The predicted molar refractivity (Wildman–Crippen MR) is 81.7 cm³/mol. The smallest absolute Gasteiger partial charge is 0.270 e. The summed E-state index contributed by atoms with van der Waals surface area (Å²) in [6.07, 6.45) is 0.850. The van der Waals surface area contributed by atoms with E-state index < -0.39 is 4.92 Å². The highest BCUT2D eigenvalue weighted by atomic mass is 32.1. The van der Waals surface area contributed by atoms with Crippen molar-refractivity contribution in [3.63, 3.8) is 0 Å². The van der Waals surface area contributed by atoms with Crippen molar-refractivity contribution in [2.24, 2.45) is 0 Å². The molecule has 3 rings (SSSR count). The molecule has 0 saturated carbocycles. The van der Waals surface area contributed by atoms with Gasteiger partial charge in [0.1, 0.15) is 10.5 Å². The average molecular weight is 302 g/mol. The van der Waals surface area contributed by atoms with Crippen LogP contribution in [0.5, 0.6) is 0 Å². The molecule has 21 heavy (non-hydrogen) atoms. The second kappa shape index (κ2) is 5.34. The summed E-state index contributed by atoms with van der Waals surface area (Å²) in [4.78, 5) is 18.2. The highest BCUT2D eigenvalue weighted by molar-refractivity contribution is 7.71. The van der Waals surface area contributed by atoms with Gasteiger partial charge in [0.05, 0.1) is 4.92 Å². The van der Waals surface area contributed by atoms with Crippen molar-refractivity contribution in [3.05, 3.63) is 49.8 Å². The third kappa shape index (κ3) is 2.57. The largest absolute Gasteiger partial charge is 0.343 e. The molecular weight excluding hydrogens is 288 g/mol. The van der Waals surface area contributed by atoms with Crippen LogP contribution in [-0.4, -0.2) is 21.4 Å². The summed E-state index contributed by atoms with van der Waals surface area (Å²) in [5.41, 5.74) is 3.78. The number of nitro groups is 1. The van der Waals surface area contributed by atoms with Gasteiger partial charge in [0.15, 0.2) is 0 Å². The molecular formula is C14H14N4O2S. The number of hydrogen-bond acceptors (Lipinski definition) is 5. The summed E-state index contributed by atoms with van der Waals surface area (Å²) in [5.74, 6) is 0.599. The summed E-state index contributed by atoms with van der Waals surface area (Å²) in [7, 11) is 0. The zero-order valence-electron chi connectivity index (χ0n) is 11.5. The first-order chi connectivity index (χ1) is 10.1. The minimum atomic E-state index is -0.403. The molecule has 0 atom stereocenters. The minimum absolute atomic E-state index is 0.0519. The maximum Gasteiger partial charge on any atom is 0.270 e. The molecule has 1 aromatic carbocycles. The number of benzene rings is 1. The molecule has 0 radical (unpaired) electrons. The van der Waals surface area contributed by atoms with Gasteiger partial charge in [-0.05, 0) is 12.5 Å². The number of aryl methyl sites for hydroxylation is 1. The Hall–Kier alpha value is -2.12. The van der Waals surface area contributed by atoms with Crippen LogP contribution in [0.1, 0.15) is 16.8 Å². The first-order valence-corrected chi connectivity index (χ1v) is 7.05. The Kier molecular flexibility index (Phi) is 3.52. The molecule has 1 aliphatic heterocycles. The second-order valence-electron chi connectivity index (χ2n) is 5.03. The third-order valence-electron chi connectivity index (χ3n) is 3.65. The molecule has 6 nitrogen and oxygen atoms in total. The molecule has 2 heterocycles. The molecule has 2 N–H and O–H groups in total. The van der Waals surface area contributed by atoms with E-state index in [1.54, 1.807) is 6.07 Å². The van der Waals surface area contributed by atoms with Crippen LogP contribution in [0.2, 0.25) is 0 Å². The lowest BCUT2D eigenvalue weighted by Crippen LogP contribution is -2.25. The Morgan fingerprint density at radius 2 is 2.24 bits per heavy atom. The van der Waals surface area contributed by atoms with Crippen LogP contribution in [0, 0.1) is 21.7 Å². The average Bonchev–Trinajstić information content (AvgIpc) is 2.47. The van der Waals surface area contributed by atoms with Gasteiger partial charge in [0, 0.05) is 48.5 Å². The Balaban J connectivity index is 2.17. The van der Waals surface area contributed by atoms with E-state index in [2.05, 4.69) is 15.3 Å². The molecule has 0 amide bonds. The van der Waals surface area contributed by atoms with Gasteiger partial charge in [0.25, 0.3) is 5.69 Å². The minimum Gasteiger partial charge on any atom is -0.343 e. The van der Waals surface area contributed by atoms with E-state index in [1.165, 1.54) is 12.1 Å². The number of nitro benzene ring substituents is 1. The van der Waals surface area contributed by atoms with Gasteiger partial charge in [-0.25, -0.2) is 4.98 Å². The molecule has 1 aromatic heterocycles. The lowest BCUT2D eigenvalue weighted by atomic mass is 10.1. The van der Waals surface area contributed by atoms with Crippen molar-refractivity contribution in [2.45, 2.75) is 19.9 Å². The van der Waals surface area contributed by atoms with Gasteiger partial charge >= 0.3 is 0 Å². The normalized spacial score (nSPS) is 13.8. The molecule has 0 fully saturated rings. The maximum absolute atomic E-state index is 10.9. The predicted octanol–water partition coefficient (Wildman–Crippen LogP) is 2.67. The monoisotopic (exact) mass is 302 g/mol. The first kappa shape index (κ1) is 13.8. The van der Waals surface area contributed by atoms with E-state index in [1.807, 2.05) is 6.92 Å². The van der Waals surface area contributed by atoms with Gasteiger partial charge < -0.3 is 10.3 Å². The van der Waals surface area contributed by atoms with Crippen molar-refractivity contribution in [1.82, 2.24) is 15.3 Å². The lowest BCUT2D eigenvalue weighted by Gasteiger charge is -2.18. The number of aromatic amines is 1. The van der Waals surface area contributed by atoms with E-state index in [4.69, 9.17) is 12.2 Å². The number of rotatable bonds is 2.